The minimum Gasteiger partial charge on any atom is -0.404 e. The van der Waals surface area contributed by atoms with Crippen molar-refractivity contribution in [3.63, 3.8) is 0 Å². The average molecular weight is 155 g/mol. The van der Waals surface area contributed by atoms with Gasteiger partial charge in [-0.2, -0.15) is 0 Å². The van der Waals surface area contributed by atoms with Gasteiger partial charge in [0.25, 0.3) is 0 Å². The molecule has 0 aromatic rings. The lowest BCUT2D eigenvalue weighted by Crippen LogP contribution is -2.21. The second kappa shape index (κ2) is 3.42. The Morgan fingerprint density at radius 3 is 2.09 bits per heavy atom. The summed E-state index contributed by atoms with van der Waals surface area (Å²) in [5.74, 6) is 0.514. The molecule has 0 aliphatic rings. The number of nitrogens with zero attached hydrogens (tertiary/aromatic N) is 1. The molecule has 64 valence electrons. The maximum atomic E-state index is 5.62. The van der Waals surface area contributed by atoms with Gasteiger partial charge in [-0.3, -0.25) is 4.99 Å². The predicted octanol–water partition coefficient (Wildman–Crippen LogP) is 1.00. The molecule has 0 spiro atoms. The van der Waals surface area contributed by atoms with Crippen LogP contribution in [0, 0.1) is 0 Å². The molecule has 0 aromatic carbocycles. The summed E-state index contributed by atoms with van der Waals surface area (Å²) < 4.78 is 0. The Morgan fingerprint density at radius 2 is 1.82 bits per heavy atom. The molecule has 0 saturated heterocycles. The second-order valence-corrected chi connectivity index (χ2v) is 3.52. The van der Waals surface area contributed by atoms with E-state index in [1.807, 2.05) is 27.7 Å². The summed E-state index contributed by atoms with van der Waals surface area (Å²) in [5, 5.41) is 0. The third kappa shape index (κ3) is 4.42. The van der Waals surface area contributed by atoms with Gasteiger partial charge >= 0.3 is 0 Å². The first-order chi connectivity index (χ1) is 4.87. The first kappa shape index (κ1) is 10.0. The number of rotatable bonds is 1. The van der Waals surface area contributed by atoms with Crippen molar-refractivity contribution < 1.29 is 0 Å². The van der Waals surface area contributed by atoms with Crippen molar-refractivity contribution in [2.45, 2.75) is 33.2 Å². The third-order valence-corrected chi connectivity index (χ3v) is 1.11. The zero-order chi connectivity index (χ0) is 9.07. The molecule has 0 atom stereocenters. The molecule has 0 amide bonds. The topological polar surface area (TPSA) is 64.4 Å². The second-order valence-electron chi connectivity index (χ2n) is 3.52. The van der Waals surface area contributed by atoms with E-state index >= 15 is 0 Å². The molecule has 0 aliphatic heterocycles. The van der Waals surface area contributed by atoms with Gasteiger partial charge in [-0.15, -0.1) is 0 Å². The van der Waals surface area contributed by atoms with Crippen molar-refractivity contribution in [3.05, 3.63) is 11.8 Å². The minimum atomic E-state index is -0.131. The van der Waals surface area contributed by atoms with Crippen LogP contribution in [0.15, 0.2) is 16.8 Å². The van der Waals surface area contributed by atoms with Gasteiger partial charge in [0.05, 0.1) is 5.54 Å². The average Bonchev–Trinajstić information content (AvgIpc) is 1.82. The summed E-state index contributed by atoms with van der Waals surface area (Å²) >= 11 is 0. The Morgan fingerprint density at radius 1 is 1.36 bits per heavy atom. The van der Waals surface area contributed by atoms with Crippen LogP contribution in [0.3, 0.4) is 0 Å². The molecule has 3 nitrogen and oxygen atoms in total. The quantitative estimate of drug-likeness (QED) is 0.438. The number of amidine groups is 1. The zero-order valence-electron chi connectivity index (χ0n) is 7.68. The minimum absolute atomic E-state index is 0.131. The maximum absolute atomic E-state index is 5.62. The number of hydrogen-bond acceptors (Lipinski definition) is 2. The predicted molar refractivity (Wildman–Crippen MR) is 49.3 cm³/mol. The molecule has 4 N–H and O–H groups in total. The largest absolute Gasteiger partial charge is 0.404 e. The molecule has 0 rings (SSSR count). The molecule has 0 aliphatic carbocycles. The molecule has 0 radical (unpaired) electrons. The van der Waals surface area contributed by atoms with Crippen LogP contribution < -0.4 is 11.5 Å². The van der Waals surface area contributed by atoms with E-state index in [1.54, 1.807) is 0 Å². The summed E-state index contributed by atoms with van der Waals surface area (Å²) in [4.78, 5) is 4.23. The smallest absolute Gasteiger partial charge is 0.123 e. The van der Waals surface area contributed by atoms with Crippen molar-refractivity contribution >= 4 is 5.84 Å². The molecule has 3 heteroatoms. The van der Waals surface area contributed by atoms with E-state index < -0.39 is 0 Å². The lowest BCUT2D eigenvalue weighted by Gasteiger charge is -2.13. The molecule has 0 aromatic heterocycles. The fourth-order valence-corrected chi connectivity index (χ4v) is 0.535. The lowest BCUT2D eigenvalue weighted by molar-refractivity contribution is 0.583. The third-order valence-electron chi connectivity index (χ3n) is 1.11. The highest BCUT2D eigenvalue weighted by Crippen LogP contribution is 2.07. The van der Waals surface area contributed by atoms with Gasteiger partial charge in [-0.25, -0.2) is 0 Å². The van der Waals surface area contributed by atoms with Crippen LogP contribution in [0.1, 0.15) is 27.7 Å². The number of hydrogen-bond donors (Lipinski definition) is 2. The highest BCUT2D eigenvalue weighted by atomic mass is 14.9. The van der Waals surface area contributed by atoms with Crippen LogP contribution in [0.2, 0.25) is 0 Å². The van der Waals surface area contributed by atoms with Gasteiger partial charge in [0, 0.05) is 11.8 Å². The van der Waals surface area contributed by atoms with Crippen LogP contribution in [0.4, 0.5) is 0 Å². The molecule has 11 heavy (non-hydrogen) atoms. The van der Waals surface area contributed by atoms with E-state index in [0.717, 1.165) is 5.57 Å². The van der Waals surface area contributed by atoms with E-state index in [1.165, 1.54) is 6.20 Å². The first-order valence-corrected chi connectivity index (χ1v) is 3.61. The Balaban J connectivity index is 4.48. The van der Waals surface area contributed by atoms with Gasteiger partial charge in [-0.1, -0.05) is 0 Å². The molecule has 0 heterocycles. The molecular formula is C8H17N3. The van der Waals surface area contributed by atoms with Crippen LogP contribution in [0.5, 0.6) is 0 Å². The molecule has 0 bridgehead atoms. The fourth-order valence-electron chi connectivity index (χ4n) is 0.535. The van der Waals surface area contributed by atoms with Crippen molar-refractivity contribution in [1.82, 2.24) is 0 Å². The van der Waals surface area contributed by atoms with Crippen molar-refractivity contribution in [2.24, 2.45) is 16.5 Å². The van der Waals surface area contributed by atoms with Gasteiger partial charge in [-0.05, 0) is 27.7 Å². The molecule has 0 saturated carbocycles. The fraction of sp³-hybridized carbons (Fsp3) is 0.625. The lowest BCUT2D eigenvalue weighted by atomic mass is 10.1. The van der Waals surface area contributed by atoms with Gasteiger partial charge in [0.15, 0.2) is 0 Å². The highest BCUT2D eigenvalue weighted by molar-refractivity contribution is 5.96. The Hall–Kier alpha value is -0.990. The van der Waals surface area contributed by atoms with Crippen molar-refractivity contribution in [1.29, 1.82) is 0 Å². The molecule has 0 fully saturated rings. The van der Waals surface area contributed by atoms with E-state index in [4.69, 9.17) is 11.5 Å². The van der Waals surface area contributed by atoms with E-state index in [2.05, 4.69) is 4.99 Å². The highest BCUT2D eigenvalue weighted by Gasteiger charge is 2.08. The van der Waals surface area contributed by atoms with Crippen molar-refractivity contribution in [2.75, 3.05) is 0 Å². The van der Waals surface area contributed by atoms with Crippen LogP contribution in [0.25, 0.3) is 0 Å². The first-order valence-electron chi connectivity index (χ1n) is 3.61. The summed E-state index contributed by atoms with van der Waals surface area (Å²) in [6.07, 6.45) is 1.46. The standard InChI is InChI=1S/C8H17N3/c1-6(5-9)7(10)11-8(2,3)4/h5H,9H2,1-4H3,(H2,10,11). The molecular weight excluding hydrogens is 138 g/mol. The maximum Gasteiger partial charge on any atom is 0.123 e. The summed E-state index contributed by atoms with van der Waals surface area (Å²) in [6.45, 7) is 7.81. The number of nitrogens with two attached hydrogens (primary N) is 2. The van der Waals surface area contributed by atoms with Gasteiger partial charge in [0.2, 0.25) is 0 Å². The summed E-state index contributed by atoms with van der Waals surface area (Å²) in [7, 11) is 0. The van der Waals surface area contributed by atoms with E-state index in [0.29, 0.717) is 5.84 Å². The Kier molecular flexibility index (Phi) is 3.11. The van der Waals surface area contributed by atoms with Crippen LogP contribution in [-0.2, 0) is 0 Å². The van der Waals surface area contributed by atoms with E-state index in [9.17, 15) is 0 Å². The van der Waals surface area contributed by atoms with Crippen LogP contribution >= 0.6 is 0 Å². The van der Waals surface area contributed by atoms with Crippen LogP contribution in [-0.4, -0.2) is 11.4 Å². The number of aliphatic imine (C=N–C) groups is 1. The zero-order valence-corrected chi connectivity index (χ0v) is 7.68. The normalized spacial score (nSPS) is 15.3. The summed E-state index contributed by atoms with van der Waals surface area (Å²) in [6, 6.07) is 0. The molecule has 0 unspecified atom stereocenters. The Bertz CT molecular complexity index is 184. The van der Waals surface area contributed by atoms with E-state index in [-0.39, 0.29) is 5.54 Å². The Labute approximate surface area is 68.2 Å². The monoisotopic (exact) mass is 155 g/mol. The van der Waals surface area contributed by atoms with Crippen molar-refractivity contribution in [3.8, 4) is 0 Å². The SMILES string of the molecule is CC(=CN)C(N)=NC(C)(C)C. The van der Waals surface area contributed by atoms with Gasteiger partial charge < -0.3 is 11.5 Å². The van der Waals surface area contributed by atoms with Gasteiger partial charge in [0.1, 0.15) is 5.84 Å². The summed E-state index contributed by atoms with van der Waals surface area (Å²) in [5.41, 5.74) is 11.6.